The summed E-state index contributed by atoms with van der Waals surface area (Å²) in [5.74, 6) is 5.32. The molecule has 1 aromatic heterocycles. The van der Waals surface area contributed by atoms with Gasteiger partial charge in [-0.3, -0.25) is 4.68 Å². The Labute approximate surface area is 404 Å². The van der Waals surface area contributed by atoms with E-state index in [-0.39, 0.29) is 5.60 Å². The third kappa shape index (κ3) is 15.0. The van der Waals surface area contributed by atoms with Crippen LogP contribution in [-0.4, -0.2) is 143 Å². The standard InChI is InChI=1S/C19H36N2.C18H31N3.C18H36N2O.C2H6/c1-15(2)17-5-9-21(10-6-17)18-13-19(14-18)7-11-20(12-8-19)16(3)4;1-13(2)15-5-6-18-16(11-15)12-19-21(18)17-7-9-20(10-8-17)14(3)4;1-15(2)17-6-10-19(11-7-17)14-18(21-5)8-12-20(13-9-18)16(3)4;1-2/h15-18H,5-14H2,1-4H3;12-15,17H,5-11H2,1-4H3;15-17H,6-14H2,1-5H3;1-2H3. The van der Waals surface area contributed by atoms with Crippen LogP contribution in [0.4, 0.5) is 0 Å². The minimum atomic E-state index is 0.107. The highest BCUT2D eigenvalue weighted by Gasteiger charge is 2.48. The van der Waals surface area contributed by atoms with Gasteiger partial charge in [-0.25, -0.2) is 0 Å². The van der Waals surface area contributed by atoms with Crippen molar-refractivity contribution in [1.29, 1.82) is 0 Å². The van der Waals surface area contributed by atoms with Crippen LogP contribution in [0.15, 0.2) is 6.20 Å². The average molecular weight is 909 g/mol. The van der Waals surface area contributed by atoms with E-state index in [1.54, 1.807) is 5.69 Å². The van der Waals surface area contributed by atoms with Crippen molar-refractivity contribution < 1.29 is 4.74 Å². The predicted molar refractivity (Wildman–Crippen MR) is 279 cm³/mol. The Bertz CT molecular complexity index is 1440. The SMILES string of the molecule is CC.CC(C)C1CCN(C2CC3(CCN(C(C)C)CC3)C2)CC1.CC(C)C1CCc2c(cnn2C2CCN(C(C)C)CC2)C1.COC1(CN2CCC(C(C)C)CC2)CCN(C(C)C)CC1. The fraction of sp³-hybridized carbons (Fsp3) is 0.947. The van der Waals surface area contributed by atoms with Gasteiger partial charge >= 0.3 is 0 Å². The lowest BCUT2D eigenvalue weighted by molar-refractivity contribution is -0.0842. The van der Waals surface area contributed by atoms with Crippen molar-refractivity contribution in [3.05, 3.63) is 17.5 Å². The van der Waals surface area contributed by atoms with E-state index in [4.69, 9.17) is 9.84 Å². The quantitative estimate of drug-likeness (QED) is 0.219. The van der Waals surface area contributed by atoms with Gasteiger partial charge in [-0.15, -0.1) is 0 Å². The molecule has 8 nitrogen and oxygen atoms in total. The van der Waals surface area contributed by atoms with Crippen LogP contribution in [0.25, 0.3) is 0 Å². The van der Waals surface area contributed by atoms with Gasteiger partial charge in [0.2, 0.25) is 0 Å². The van der Waals surface area contributed by atoms with E-state index < -0.39 is 0 Å². The van der Waals surface area contributed by atoms with Crippen LogP contribution in [0.5, 0.6) is 0 Å². The van der Waals surface area contributed by atoms with Crippen molar-refractivity contribution >= 4 is 0 Å². The van der Waals surface area contributed by atoms with Gasteiger partial charge in [0.05, 0.1) is 17.8 Å². The Balaban J connectivity index is 0.000000180. The topological polar surface area (TPSA) is 43.2 Å². The van der Waals surface area contributed by atoms with Gasteiger partial charge in [0.25, 0.3) is 0 Å². The molecule has 5 saturated heterocycles. The van der Waals surface area contributed by atoms with E-state index in [1.165, 1.54) is 167 Å². The number of piperidine rings is 5. The molecule has 7 aliphatic rings. The molecule has 2 aliphatic carbocycles. The maximum absolute atomic E-state index is 6.02. The summed E-state index contributed by atoms with van der Waals surface area (Å²) in [5.41, 5.74) is 3.93. The Morgan fingerprint density at radius 2 is 1.02 bits per heavy atom. The molecule has 378 valence electrons. The lowest BCUT2D eigenvalue weighted by Gasteiger charge is -2.56. The van der Waals surface area contributed by atoms with E-state index >= 15 is 0 Å². The summed E-state index contributed by atoms with van der Waals surface area (Å²) in [6.45, 7) is 46.1. The maximum Gasteiger partial charge on any atom is 0.0829 e. The number of fused-ring (bicyclic) bond motifs is 1. The van der Waals surface area contributed by atoms with E-state index in [2.05, 4.69) is 118 Å². The summed E-state index contributed by atoms with van der Waals surface area (Å²) in [5, 5.41) is 4.78. The minimum Gasteiger partial charge on any atom is -0.377 e. The summed E-state index contributed by atoms with van der Waals surface area (Å²) < 4.78 is 8.41. The molecule has 0 N–H and O–H groups in total. The van der Waals surface area contributed by atoms with Gasteiger partial charge in [0.15, 0.2) is 0 Å². The molecular formula is C57H109N7O. The number of rotatable bonds is 11. The van der Waals surface area contributed by atoms with Gasteiger partial charge in [-0.2, -0.15) is 5.10 Å². The zero-order valence-electron chi connectivity index (χ0n) is 45.9. The first-order valence-corrected chi connectivity index (χ1v) is 28.3. The Morgan fingerprint density at radius 3 is 1.48 bits per heavy atom. The fourth-order valence-electron chi connectivity index (χ4n) is 13.2. The summed E-state index contributed by atoms with van der Waals surface area (Å²) in [7, 11) is 1.92. The minimum absolute atomic E-state index is 0.107. The molecule has 8 heteroatoms. The molecule has 0 bridgehead atoms. The molecule has 1 unspecified atom stereocenters. The Kier molecular flexibility index (Phi) is 21.7. The zero-order chi connectivity index (χ0) is 47.5. The van der Waals surface area contributed by atoms with Crippen LogP contribution in [0, 0.1) is 40.9 Å². The van der Waals surface area contributed by atoms with Crippen molar-refractivity contribution in [3.63, 3.8) is 0 Å². The monoisotopic (exact) mass is 908 g/mol. The number of nitrogens with zero attached hydrogens (tertiary/aromatic N) is 7. The average Bonchev–Trinajstić information content (AvgIpc) is 3.73. The van der Waals surface area contributed by atoms with Crippen molar-refractivity contribution in [2.24, 2.45) is 40.9 Å². The summed E-state index contributed by atoms with van der Waals surface area (Å²) in [6.07, 6.45) is 22.5. The first-order valence-electron chi connectivity index (χ1n) is 28.3. The predicted octanol–water partition coefficient (Wildman–Crippen LogP) is 12.0. The van der Waals surface area contributed by atoms with Crippen LogP contribution in [0.3, 0.4) is 0 Å². The lowest BCUT2D eigenvalue weighted by atomic mass is 9.59. The molecule has 6 heterocycles. The molecule has 5 aliphatic heterocycles. The van der Waals surface area contributed by atoms with Crippen LogP contribution in [0.1, 0.15) is 198 Å². The van der Waals surface area contributed by atoms with Crippen molar-refractivity contribution in [2.75, 3.05) is 79.1 Å². The largest absolute Gasteiger partial charge is 0.377 e. The molecule has 1 atom stereocenters. The van der Waals surface area contributed by atoms with Crippen LogP contribution >= 0.6 is 0 Å². The second-order valence-corrected chi connectivity index (χ2v) is 24.4. The Hall–Kier alpha value is -1.03. The third-order valence-corrected chi connectivity index (χ3v) is 18.7. The second-order valence-electron chi connectivity index (χ2n) is 24.4. The second kappa shape index (κ2) is 25.7. The zero-order valence-corrected chi connectivity index (χ0v) is 45.9. The van der Waals surface area contributed by atoms with E-state index in [9.17, 15) is 0 Å². The van der Waals surface area contributed by atoms with Gasteiger partial charge in [-0.05, 0) is 224 Å². The summed E-state index contributed by atoms with van der Waals surface area (Å²) in [4.78, 5) is 13.3. The van der Waals surface area contributed by atoms with E-state index in [0.29, 0.717) is 18.1 Å². The van der Waals surface area contributed by atoms with Gasteiger partial charge in [0, 0.05) is 69.7 Å². The highest BCUT2D eigenvalue weighted by Crippen LogP contribution is 2.51. The molecular weight excluding hydrogens is 799 g/mol. The molecule has 6 fully saturated rings. The van der Waals surface area contributed by atoms with Crippen LogP contribution in [0.2, 0.25) is 0 Å². The maximum atomic E-state index is 6.02. The first kappa shape index (κ1) is 54.9. The van der Waals surface area contributed by atoms with Crippen molar-refractivity contribution in [3.8, 4) is 0 Å². The number of ether oxygens (including phenoxy) is 1. The number of hydrogen-bond acceptors (Lipinski definition) is 7. The number of aromatic nitrogens is 2. The van der Waals surface area contributed by atoms with E-state index in [1.807, 2.05) is 21.0 Å². The third-order valence-electron chi connectivity index (χ3n) is 18.7. The van der Waals surface area contributed by atoms with Crippen molar-refractivity contribution in [2.45, 2.75) is 229 Å². The number of methoxy groups -OCH3 is 1. The molecule has 1 saturated carbocycles. The van der Waals surface area contributed by atoms with E-state index in [0.717, 1.165) is 59.6 Å². The Morgan fingerprint density at radius 1 is 0.554 bits per heavy atom. The van der Waals surface area contributed by atoms with Crippen molar-refractivity contribution in [1.82, 2.24) is 34.3 Å². The van der Waals surface area contributed by atoms with Gasteiger partial charge in [-0.1, -0.05) is 55.4 Å². The molecule has 0 aromatic carbocycles. The molecule has 0 radical (unpaired) electrons. The highest BCUT2D eigenvalue weighted by atomic mass is 16.5. The molecule has 1 spiro atoms. The molecule has 1 aromatic rings. The van der Waals surface area contributed by atoms with Gasteiger partial charge < -0.3 is 29.2 Å². The highest BCUT2D eigenvalue weighted by molar-refractivity contribution is 5.22. The first-order chi connectivity index (χ1) is 31.0. The van der Waals surface area contributed by atoms with Gasteiger partial charge in [0.1, 0.15) is 0 Å². The number of likely N-dealkylation sites (tertiary alicyclic amines) is 5. The summed E-state index contributed by atoms with van der Waals surface area (Å²) in [6, 6.07) is 3.67. The molecule has 65 heavy (non-hydrogen) atoms. The smallest absolute Gasteiger partial charge is 0.0829 e. The summed E-state index contributed by atoms with van der Waals surface area (Å²) >= 11 is 0. The normalized spacial score (nSPS) is 26.0. The molecule has 0 amide bonds. The molecule has 8 rings (SSSR count). The van der Waals surface area contributed by atoms with Crippen LogP contribution < -0.4 is 0 Å². The lowest BCUT2D eigenvalue weighted by Crippen LogP contribution is -2.57. The number of hydrogen-bond donors (Lipinski definition) is 0. The fourth-order valence-corrected chi connectivity index (χ4v) is 13.2. The van der Waals surface area contributed by atoms with Crippen LogP contribution in [-0.2, 0) is 17.6 Å².